The van der Waals surface area contributed by atoms with Crippen LogP contribution in [0.25, 0.3) is 0 Å². The zero-order valence-corrected chi connectivity index (χ0v) is 7.05. The van der Waals surface area contributed by atoms with E-state index in [0.29, 0.717) is 0 Å². The Morgan fingerprint density at radius 1 is 0.727 bits per heavy atom. The molecule has 4 atom stereocenters. The van der Waals surface area contributed by atoms with Gasteiger partial charge in [0.1, 0.15) is 0 Å². The number of hydrogen-bond acceptors (Lipinski definition) is 1. The maximum Gasteiger partial charge on any atom is 0.0102 e. The molecule has 0 amide bonds. The zero-order chi connectivity index (χ0) is 7.26. The van der Waals surface area contributed by atoms with E-state index >= 15 is 0 Å². The molecule has 1 nitrogen and oxygen atoms in total. The third kappa shape index (κ3) is 0.807. The molecular weight excluding hydrogens is 134 g/mol. The molecule has 0 aromatic rings. The van der Waals surface area contributed by atoms with Crippen molar-refractivity contribution in [2.24, 2.45) is 11.8 Å². The first kappa shape index (κ1) is 6.47. The third-order valence-electron chi connectivity index (χ3n) is 4.13. The van der Waals surface area contributed by atoms with Crippen LogP contribution >= 0.6 is 0 Å². The van der Waals surface area contributed by atoms with E-state index in [9.17, 15) is 0 Å². The van der Waals surface area contributed by atoms with Crippen LogP contribution in [0.15, 0.2) is 0 Å². The maximum absolute atomic E-state index is 3.77. The molecular formula is C10H17N. The van der Waals surface area contributed by atoms with Crippen molar-refractivity contribution >= 4 is 0 Å². The molecule has 0 aromatic carbocycles. The average molecular weight is 151 g/mol. The molecule has 2 heterocycles. The van der Waals surface area contributed by atoms with Crippen molar-refractivity contribution < 1.29 is 0 Å². The number of hydrogen-bond donors (Lipinski definition) is 1. The molecule has 3 rings (SSSR count). The molecule has 62 valence electrons. The molecule has 2 bridgehead atoms. The highest BCUT2D eigenvalue weighted by molar-refractivity contribution is 5.04. The first-order valence-electron chi connectivity index (χ1n) is 5.21. The summed E-state index contributed by atoms with van der Waals surface area (Å²) in [4.78, 5) is 0. The van der Waals surface area contributed by atoms with E-state index in [1.807, 2.05) is 0 Å². The van der Waals surface area contributed by atoms with E-state index in [4.69, 9.17) is 0 Å². The van der Waals surface area contributed by atoms with Crippen molar-refractivity contribution in [3.63, 3.8) is 0 Å². The largest absolute Gasteiger partial charge is 0.311 e. The van der Waals surface area contributed by atoms with Gasteiger partial charge in [0.25, 0.3) is 0 Å². The summed E-state index contributed by atoms with van der Waals surface area (Å²) < 4.78 is 0. The number of fused-ring (bicyclic) bond motifs is 5. The molecule has 0 radical (unpaired) electrons. The van der Waals surface area contributed by atoms with Crippen LogP contribution in [-0.4, -0.2) is 12.1 Å². The predicted molar refractivity (Wildman–Crippen MR) is 45.4 cm³/mol. The summed E-state index contributed by atoms with van der Waals surface area (Å²) >= 11 is 0. The fourth-order valence-corrected chi connectivity index (χ4v) is 3.66. The highest BCUT2D eigenvalue weighted by Crippen LogP contribution is 2.46. The fraction of sp³-hybridized carbons (Fsp3) is 1.00. The summed E-state index contributed by atoms with van der Waals surface area (Å²) in [6.45, 7) is 0. The SMILES string of the molecule is C1CCC2C(C1)[C@@H]1CC[C@H]2N1. The van der Waals surface area contributed by atoms with E-state index in [0.717, 1.165) is 23.9 Å². The minimum Gasteiger partial charge on any atom is -0.311 e. The molecule has 2 unspecified atom stereocenters. The van der Waals surface area contributed by atoms with Gasteiger partial charge < -0.3 is 5.32 Å². The Labute approximate surface area is 68.6 Å². The zero-order valence-electron chi connectivity index (χ0n) is 7.05. The second kappa shape index (κ2) is 2.22. The van der Waals surface area contributed by atoms with Gasteiger partial charge in [0.05, 0.1) is 0 Å². The molecule has 11 heavy (non-hydrogen) atoms. The van der Waals surface area contributed by atoms with E-state index in [2.05, 4.69) is 5.32 Å². The molecule has 1 aliphatic carbocycles. The standard InChI is InChI=1S/C10H17N/c1-2-4-8-7(3-1)9-5-6-10(8)11-9/h7-11H,1-6H2/t7?,8?,9-,10+. The van der Waals surface area contributed by atoms with Gasteiger partial charge in [0.2, 0.25) is 0 Å². The molecule has 0 aromatic heterocycles. The minimum absolute atomic E-state index is 0.935. The van der Waals surface area contributed by atoms with Crippen LogP contribution in [-0.2, 0) is 0 Å². The molecule has 3 fully saturated rings. The van der Waals surface area contributed by atoms with Crippen LogP contribution in [0.2, 0.25) is 0 Å². The Hall–Kier alpha value is -0.0400. The Bertz CT molecular complexity index is 148. The van der Waals surface area contributed by atoms with Crippen LogP contribution in [0.1, 0.15) is 38.5 Å². The average Bonchev–Trinajstić information content (AvgIpc) is 2.64. The molecule has 1 N–H and O–H groups in total. The molecule has 3 aliphatic rings. The first-order chi connectivity index (χ1) is 5.45. The lowest BCUT2D eigenvalue weighted by molar-refractivity contribution is 0.208. The van der Waals surface area contributed by atoms with Crippen LogP contribution in [0.5, 0.6) is 0 Å². The lowest BCUT2D eigenvalue weighted by Gasteiger charge is -2.33. The number of nitrogens with one attached hydrogen (secondary N) is 1. The van der Waals surface area contributed by atoms with Crippen molar-refractivity contribution in [2.75, 3.05) is 0 Å². The molecule has 1 saturated carbocycles. The second-order valence-corrected chi connectivity index (χ2v) is 4.57. The Morgan fingerprint density at radius 3 is 1.82 bits per heavy atom. The summed E-state index contributed by atoms with van der Waals surface area (Å²) in [5.74, 6) is 2.17. The van der Waals surface area contributed by atoms with Crippen molar-refractivity contribution in [1.82, 2.24) is 5.32 Å². The minimum atomic E-state index is 0.935. The van der Waals surface area contributed by atoms with Crippen LogP contribution in [0, 0.1) is 11.8 Å². The van der Waals surface area contributed by atoms with Gasteiger partial charge in [-0.25, -0.2) is 0 Å². The van der Waals surface area contributed by atoms with Gasteiger partial charge in [-0.3, -0.25) is 0 Å². The predicted octanol–water partition coefficient (Wildman–Crippen LogP) is 1.93. The van der Waals surface area contributed by atoms with Gasteiger partial charge in [0, 0.05) is 12.1 Å². The van der Waals surface area contributed by atoms with Crippen molar-refractivity contribution in [2.45, 2.75) is 50.6 Å². The van der Waals surface area contributed by atoms with Crippen molar-refractivity contribution in [3.05, 3.63) is 0 Å². The maximum atomic E-state index is 3.77. The van der Waals surface area contributed by atoms with E-state index in [1.165, 1.54) is 38.5 Å². The summed E-state index contributed by atoms with van der Waals surface area (Å²) in [6, 6.07) is 1.87. The third-order valence-corrected chi connectivity index (χ3v) is 4.13. The summed E-state index contributed by atoms with van der Waals surface area (Å²) in [5.41, 5.74) is 0. The topological polar surface area (TPSA) is 12.0 Å². The van der Waals surface area contributed by atoms with Crippen LogP contribution < -0.4 is 5.32 Å². The summed E-state index contributed by atoms with van der Waals surface area (Å²) in [7, 11) is 0. The molecule has 1 heteroatoms. The lowest BCUT2D eigenvalue weighted by atomic mass is 9.71. The monoisotopic (exact) mass is 151 g/mol. The lowest BCUT2D eigenvalue weighted by Crippen LogP contribution is -2.29. The smallest absolute Gasteiger partial charge is 0.0102 e. The quantitative estimate of drug-likeness (QED) is 0.558. The Balaban J connectivity index is 1.84. The van der Waals surface area contributed by atoms with E-state index in [-0.39, 0.29) is 0 Å². The molecule has 0 spiro atoms. The van der Waals surface area contributed by atoms with E-state index in [1.54, 1.807) is 0 Å². The molecule has 2 aliphatic heterocycles. The Kier molecular flexibility index (Phi) is 1.31. The number of rotatable bonds is 0. The van der Waals surface area contributed by atoms with E-state index < -0.39 is 0 Å². The van der Waals surface area contributed by atoms with Crippen LogP contribution in [0.4, 0.5) is 0 Å². The van der Waals surface area contributed by atoms with Crippen LogP contribution in [0.3, 0.4) is 0 Å². The highest BCUT2D eigenvalue weighted by Gasteiger charge is 2.47. The van der Waals surface area contributed by atoms with Crippen molar-refractivity contribution in [3.8, 4) is 0 Å². The normalized spacial score (nSPS) is 54.5. The fourth-order valence-electron chi connectivity index (χ4n) is 3.66. The first-order valence-corrected chi connectivity index (χ1v) is 5.21. The van der Waals surface area contributed by atoms with Gasteiger partial charge in [-0.2, -0.15) is 0 Å². The molecule has 2 saturated heterocycles. The highest BCUT2D eigenvalue weighted by atomic mass is 15.0. The van der Waals surface area contributed by atoms with Gasteiger partial charge in [-0.05, 0) is 37.5 Å². The van der Waals surface area contributed by atoms with Gasteiger partial charge in [-0.1, -0.05) is 12.8 Å². The second-order valence-electron chi connectivity index (χ2n) is 4.57. The van der Waals surface area contributed by atoms with Crippen molar-refractivity contribution in [1.29, 1.82) is 0 Å². The Morgan fingerprint density at radius 2 is 1.27 bits per heavy atom. The van der Waals surface area contributed by atoms with Gasteiger partial charge in [0.15, 0.2) is 0 Å². The summed E-state index contributed by atoms with van der Waals surface area (Å²) in [6.07, 6.45) is 9.02. The summed E-state index contributed by atoms with van der Waals surface area (Å²) in [5, 5.41) is 3.77. The van der Waals surface area contributed by atoms with Gasteiger partial charge in [-0.15, -0.1) is 0 Å². The van der Waals surface area contributed by atoms with Gasteiger partial charge >= 0.3 is 0 Å².